The van der Waals surface area contributed by atoms with Gasteiger partial charge in [-0.25, -0.2) is 8.42 Å². The lowest BCUT2D eigenvalue weighted by molar-refractivity contribution is -0.119. The number of amides is 1. The van der Waals surface area contributed by atoms with Gasteiger partial charge in [-0.3, -0.25) is 4.79 Å². The van der Waals surface area contributed by atoms with Gasteiger partial charge < -0.3 is 14.8 Å². The lowest BCUT2D eigenvalue weighted by Gasteiger charge is -2.26. The van der Waals surface area contributed by atoms with Gasteiger partial charge in [0.1, 0.15) is 17.5 Å². The summed E-state index contributed by atoms with van der Waals surface area (Å²) in [6.45, 7) is 0. The molecule has 7 nitrogen and oxygen atoms in total. The average molecular weight is 378 g/mol. The molecule has 0 aliphatic carbocycles. The summed E-state index contributed by atoms with van der Waals surface area (Å²) in [4.78, 5) is 13.0. The summed E-state index contributed by atoms with van der Waals surface area (Å²) in [5, 5.41) is 2.74. The fraction of sp³-hybridized carbons (Fsp3) is 0.278. The second-order valence-electron chi connectivity index (χ2n) is 5.65. The number of likely N-dealkylation sites (N-methyl/N-ethyl adjacent to an activating group) is 1. The van der Waals surface area contributed by atoms with Gasteiger partial charge in [-0.2, -0.15) is 4.31 Å². The number of ether oxygens (including phenoxy) is 2. The SMILES string of the molecule is COc1ccc(OC)c(NC(=O)[C@H](c2ccccc2)N(C)S(C)(=O)=O)c1. The highest BCUT2D eigenvalue weighted by atomic mass is 32.2. The quantitative estimate of drug-likeness (QED) is 0.799. The largest absolute Gasteiger partial charge is 0.497 e. The van der Waals surface area contributed by atoms with E-state index >= 15 is 0 Å². The molecule has 0 aliphatic heterocycles. The van der Waals surface area contributed by atoms with E-state index in [4.69, 9.17) is 9.47 Å². The Labute approximate surface area is 153 Å². The van der Waals surface area contributed by atoms with Gasteiger partial charge in [0.05, 0.1) is 26.2 Å². The van der Waals surface area contributed by atoms with Crippen LogP contribution in [0.3, 0.4) is 0 Å². The number of nitrogens with one attached hydrogen (secondary N) is 1. The Morgan fingerprint density at radius 1 is 1.08 bits per heavy atom. The predicted octanol–water partition coefficient (Wildman–Crippen LogP) is 2.28. The number of anilines is 1. The fourth-order valence-corrected chi connectivity index (χ4v) is 3.07. The molecule has 0 aromatic heterocycles. The van der Waals surface area contributed by atoms with Crippen LogP contribution in [0.5, 0.6) is 11.5 Å². The highest BCUT2D eigenvalue weighted by Crippen LogP contribution is 2.31. The number of nitrogens with zero attached hydrogens (tertiary/aromatic N) is 1. The minimum absolute atomic E-state index is 0.389. The molecule has 2 aromatic rings. The maximum absolute atomic E-state index is 13.0. The van der Waals surface area contributed by atoms with E-state index in [-0.39, 0.29) is 0 Å². The lowest BCUT2D eigenvalue weighted by atomic mass is 10.1. The standard InChI is InChI=1S/C18H22N2O5S/c1-20(26(4,22)23)17(13-8-6-5-7-9-13)18(21)19-15-12-14(24-2)10-11-16(15)25-3/h5-12,17H,1-4H3,(H,19,21)/t17-/m0/s1. The molecule has 2 rings (SSSR count). The summed E-state index contributed by atoms with van der Waals surface area (Å²) in [5.41, 5.74) is 0.944. The highest BCUT2D eigenvalue weighted by molar-refractivity contribution is 7.88. The van der Waals surface area contributed by atoms with Crippen LogP contribution in [-0.4, -0.2) is 46.2 Å². The van der Waals surface area contributed by atoms with Crippen LogP contribution in [0.2, 0.25) is 0 Å². The van der Waals surface area contributed by atoms with Gasteiger partial charge in [-0.1, -0.05) is 30.3 Å². The van der Waals surface area contributed by atoms with Crippen LogP contribution in [0.25, 0.3) is 0 Å². The van der Waals surface area contributed by atoms with Crippen molar-refractivity contribution in [2.24, 2.45) is 0 Å². The summed E-state index contributed by atoms with van der Waals surface area (Å²) in [5.74, 6) is 0.470. The molecule has 1 N–H and O–H groups in total. The van der Waals surface area contributed by atoms with Gasteiger partial charge in [0, 0.05) is 13.1 Å². The molecule has 1 atom stereocenters. The molecule has 0 spiro atoms. The van der Waals surface area contributed by atoms with Gasteiger partial charge >= 0.3 is 0 Å². The van der Waals surface area contributed by atoms with Crippen LogP contribution in [0.15, 0.2) is 48.5 Å². The first-order chi connectivity index (χ1) is 12.3. The third-order valence-electron chi connectivity index (χ3n) is 3.91. The van der Waals surface area contributed by atoms with Crippen molar-refractivity contribution in [3.63, 3.8) is 0 Å². The number of benzene rings is 2. The van der Waals surface area contributed by atoms with E-state index in [1.165, 1.54) is 21.3 Å². The van der Waals surface area contributed by atoms with Gasteiger partial charge in [0.2, 0.25) is 15.9 Å². The highest BCUT2D eigenvalue weighted by Gasteiger charge is 2.31. The zero-order valence-electron chi connectivity index (χ0n) is 15.1. The monoisotopic (exact) mass is 378 g/mol. The second-order valence-corrected chi connectivity index (χ2v) is 7.69. The first-order valence-electron chi connectivity index (χ1n) is 7.78. The molecule has 0 bridgehead atoms. The minimum Gasteiger partial charge on any atom is -0.497 e. The van der Waals surface area contributed by atoms with Crippen molar-refractivity contribution in [2.45, 2.75) is 6.04 Å². The van der Waals surface area contributed by atoms with Crippen molar-refractivity contribution in [3.8, 4) is 11.5 Å². The number of carbonyl (C=O) groups is 1. The molecule has 0 aliphatic rings. The molecule has 2 aromatic carbocycles. The summed E-state index contributed by atoms with van der Waals surface area (Å²) < 4.78 is 35.5. The predicted molar refractivity (Wildman–Crippen MR) is 100.0 cm³/mol. The normalized spacial score (nSPS) is 12.5. The maximum atomic E-state index is 13.0. The van der Waals surface area contributed by atoms with Gasteiger partial charge in [-0.05, 0) is 17.7 Å². The van der Waals surface area contributed by atoms with Crippen molar-refractivity contribution in [1.82, 2.24) is 4.31 Å². The van der Waals surface area contributed by atoms with E-state index in [0.29, 0.717) is 22.7 Å². The van der Waals surface area contributed by atoms with E-state index in [0.717, 1.165) is 10.6 Å². The first kappa shape index (κ1) is 19.7. The Balaban J connectivity index is 2.42. The molecular weight excluding hydrogens is 356 g/mol. The second kappa shape index (κ2) is 8.20. The molecule has 0 fully saturated rings. The summed E-state index contributed by atoms with van der Waals surface area (Å²) in [7, 11) is 0.763. The molecule has 0 saturated carbocycles. The van der Waals surface area contributed by atoms with E-state index < -0.39 is 22.0 Å². The van der Waals surface area contributed by atoms with Gasteiger partial charge in [0.25, 0.3) is 0 Å². The van der Waals surface area contributed by atoms with Crippen molar-refractivity contribution in [2.75, 3.05) is 32.8 Å². The number of sulfonamides is 1. The molecule has 140 valence electrons. The Morgan fingerprint density at radius 2 is 1.73 bits per heavy atom. The number of methoxy groups -OCH3 is 2. The molecule has 0 unspecified atom stereocenters. The average Bonchev–Trinajstić information content (AvgIpc) is 2.61. The summed E-state index contributed by atoms with van der Waals surface area (Å²) >= 11 is 0. The smallest absolute Gasteiger partial charge is 0.247 e. The topological polar surface area (TPSA) is 84.9 Å². The van der Waals surface area contributed by atoms with Crippen LogP contribution in [0.1, 0.15) is 11.6 Å². The number of hydrogen-bond acceptors (Lipinski definition) is 5. The molecule has 26 heavy (non-hydrogen) atoms. The van der Waals surface area contributed by atoms with Crippen LogP contribution >= 0.6 is 0 Å². The number of carbonyl (C=O) groups excluding carboxylic acids is 1. The first-order valence-corrected chi connectivity index (χ1v) is 9.63. The van der Waals surface area contributed by atoms with E-state index in [1.807, 2.05) is 0 Å². The van der Waals surface area contributed by atoms with Gasteiger partial charge in [0.15, 0.2) is 0 Å². The van der Waals surface area contributed by atoms with E-state index in [9.17, 15) is 13.2 Å². The number of hydrogen-bond donors (Lipinski definition) is 1. The minimum atomic E-state index is -3.60. The lowest BCUT2D eigenvalue weighted by Crippen LogP contribution is -2.38. The van der Waals surface area contributed by atoms with Gasteiger partial charge in [-0.15, -0.1) is 0 Å². The Bertz CT molecular complexity index is 868. The van der Waals surface area contributed by atoms with E-state index in [2.05, 4.69) is 5.32 Å². The number of rotatable bonds is 7. The Hall–Kier alpha value is -2.58. The van der Waals surface area contributed by atoms with Crippen molar-refractivity contribution in [1.29, 1.82) is 0 Å². The van der Waals surface area contributed by atoms with Crippen LogP contribution < -0.4 is 14.8 Å². The molecular formula is C18H22N2O5S. The van der Waals surface area contributed by atoms with Crippen LogP contribution in [0.4, 0.5) is 5.69 Å². The molecule has 8 heteroatoms. The van der Waals surface area contributed by atoms with Crippen molar-refractivity contribution >= 4 is 21.6 Å². The molecule has 0 saturated heterocycles. The maximum Gasteiger partial charge on any atom is 0.247 e. The summed E-state index contributed by atoms with van der Waals surface area (Å²) in [6, 6.07) is 12.6. The Kier molecular flexibility index (Phi) is 6.23. The molecule has 0 radical (unpaired) electrons. The van der Waals surface area contributed by atoms with E-state index in [1.54, 1.807) is 48.5 Å². The zero-order chi connectivity index (χ0) is 19.3. The van der Waals surface area contributed by atoms with Crippen molar-refractivity contribution < 1.29 is 22.7 Å². The zero-order valence-corrected chi connectivity index (χ0v) is 15.9. The Morgan fingerprint density at radius 3 is 2.27 bits per heavy atom. The summed E-state index contributed by atoms with van der Waals surface area (Å²) in [6.07, 6.45) is 1.06. The fourth-order valence-electron chi connectivity index (χ4n) is 2.47. The third kappa shape index (κ3) is 4.53. The molecule has 1 amide bonds. The van der Waals surface area contributed by atoms with Crippen molar-refractivity contribution in [3.05, 3.63) is 54.1 Å². The third-order valence-corrected chi connectivity index (χ3v) is 5.17. The van der Waals surface area contributed by atoms with Crippen LogP contribution in [0, 0.1) is 0 Å². The van der Waals surface area contributed by atoms with Crippen LogP contribution in [-0.2, 0) is 14.8 Å². The molecule has 0 heterocycles.